The number of nitrogens with two attached hydrogens (primary N) is 1. The normalized spacial score (nSPS) is 15.2. The Morgan fingerprint density at radius 1 is 1.50 bits per heavy atom. The van der Waals surface area contributed by atoms with Crippen LogP contribution < -0.4 is 5.73 Å². The van der Waals surface area contributed by atoms with Crippen LogP contribution in [0.3, 0.4) is 0 Å². The number of rotatable bonds is 3. The van der Waals surface area contributed by atoms with E-state index in [4.69, 9.17) is 10.8 Å². The fourth-order valence-corrected chi connectivity index (χ4v) is 2.11. The molecule has 1 aromatic rings. The Balaban J connectivity index is 3.06. The maximum Gasteiger partial charge on any atom is 0.0451 e. The Bertz CT molecular complexity index is 323. The largest absolute Gasteiger partial charge is 0.396 e. The summed E-state index contributed by atoms with van der Waals surface area (Å²) in [5.41, 5.74) is 7.92. The van der Waals surface area contributed by atoms with E-state index in [0.29, 0.717) is 6.42 Å². The van der Waals surface area contributed by atoms with Gasteiger partial charge in [0.1, 0.15) is 0 Å². The summed E-state index contributed by atoms with van der Waals surface area (Å²) in [5.74, 6) is 0. The first-order valence-electron chi connectivity index (χ1n) is 4.64. The van der Waals surface area contributed by atoms with Crippen LogP contribution in [0.4, 0.5) is 0 Å². The van der Waals surface area contributed by atoms with Gasteiger partial charge in [0, 0.05) is 16.6 Å². The van der Waals surface area contributed by atoms with E-state index >= 15 is 0 Å². The molecule has 2 nitrogen and oxygen atoms in total. The second kappa shape index (κ2) is 4.43. The van der Waals surface area contributed by atoms with Crippen molar-refractivity contribution >= 4 is 15.9 Å². The highest BCUT2D eigenvalue weighted by Crippen LogP contribution is 2.26. The zero-order valence-corrected chi connectivity index (χ0v) is 10.1. The van der Waals surface area contributed by atoms with Gasteiger partial charge in [-0.3, -0.25) is 0 Å². The van der Waals surface area contributed by atoms with Crippen molar-refractivity contribution in [2.45, 2.75) is 25.8 Å². The van der Waals surface area contributed by atoms with Crippen LogP contribution in [0.25, 0.3) is 0 Å². The molecule has 1 rings (SSSR count). The fraction of sp³-hybridized carbons (Fsp3) is 0.455. The van der Waals surface area contributed by atoms with Crippen LogP contribution in [-0.2, 0) is 5.54 Å². The van der Waals surface area contributed by atoms with Crippen LogP contribution >= 0.6 is 15.9 Å². The molecule has 1 atom stereocenters. The maximum absolute atomic E-state index is 8.92. The zero-order chi connectivity index (χ0) is 10.8. The molecule has 3 heteroatoms. The Morgan fingerprint density at radius 2 is 2.14 bits per heavy atom. The molecular formula is C11H16BrNO. The zero-order valence-electron chi connectivity index (χ0n) is 8.55. The maximum atomic E-state index is 8.92. The lowest BCUT2D eigenvalue weighted by Crippen LogP contribution is -2.34. The molecular weight excluding hydrogens is 242 g/mol. The second-order valence-corrected chi connectivity index (χ2v) is 4.77. The first kappa shape index (κ1) is 11.7. The standard InChI is InChI=1S/C11H16BrNO/c1-8-7-9(12)3-4-10(8)11(2,13)5-6-14/h3-4,7,14H,5-6,13H2,1-2H3/t11-/m0/s1. The fourth-order valence-electron chi connectivity index (χ4n) is 1.63. The van der Waals surface area contributed by atoms with Crippen molar-refractivity contribution in [1.29, 1.82) is 0 Å². The van der Waals surface area contributed by atoms with Crippen LogP contribution in [0.2, 0.25) is 0 Å². The lowest BCUT2D eigenvalue weighted by molar-refractivity contribution is 0.247. The highest BCUT2D eigenvalue weighted by atomic mass is 79.9. The lowest BCUT2D eigenvalue weighted by atomic mass is 9.87. The minimum atomic E-state index is -0.445. The molecule has 0 saturated heterocycles. The van der Waals surface area contributed by atoms with Crippen molar-refractivity contribution in [2.75, 3.05) is 6.61 Å². The summed E-state index contributed by atoms with van der Waals surface area (Å²) in [6.07, 6.45) is 0.579. The molecule has 1 aromatic carbocycles. The van der Waals surface area contributed by atoms with Crippen LogP contribution in [0.15, 0.2) is 22.7 Å². The summed E-state index contributed by atoms with van der Waals surface area (Å²) in [5, 5.41) is 8.92. The highest BCUT2D eigenvalue weighted by Gasteiger charge is 2.22. The van der Waals surface area contributed by atoms with Gasteiger partial charge in [-0.1, -0.05) is 22.0 Å². The molecule has 0 unspecified atom stereocenters. The number of aryl methyl sites for hydroxylation is 1. The summed E-state index contributed by atoms with van der Waals surface area (Å²) >= 11 is 3.41. The van der Waals surface area contributed by atoms with Crippen molar-refractivity contribution in [3.63, 3.8) is 0 Å². The Morgan fingerprint density at radius 3 is 2.64 bits per heavy atom. The van der Waals surface area contributed by atoms with E-state index in [0.717, 1.165) is 15.6 Å². The SMILES string of the molecule is Cc1cc(Br)ccc1[C@@](C)(N)CCO. The van der Waals surface area contributed by atoms with E-state index in [1.165, 1.54) is 0 Å². The van der Waals surface area contributed by atoms with Gasteiger partial charge >= 0.3 is 0 Å². The minimum absolute atomic E-state index is 0.114. The average Bonchev–Trinajstić information content (AvgIpc) is 2.02. The number of benzene rings is 1. The molecule has 0 radical (unpaired) electrons. The van der Waals surface area contributed by atoms with E-state index in [9.17, 15) is 0 Å². The molecule has 14 heavy (non-hydrogen) atoms. The summed E-state index contributed by atoms with van der Waals surface area (Å²) in [4.78, 5) is 0. The van der Waals surface area contributed by atoms with Gasteiger partial charge in [-0.2, -0.15) is 0 Å². The predicted molar refractivity (Wildman–Crippen MR) is 62.1 cm³/mol. The molecule has 0 heterocycles. The molecule has 0 saturated carbocycles. The molecule has 3 N–H and O–H groups in total. The molecule has 0 aliphatic rings. The summed E-state index contributed by atoms with van der Waals surface area (Å²) < 4.78 is 1.05. The van der Waals surface area contributed by atoms with Gasteiger partial charge in [0.2, 0.25) is 0 Å². The van der Waals surface area contributed by atoms with Gasteiger partial charge in [0.25, 0.3) is 0 Å². The number of aliphatic hydroxyl groups excluding tert-OH is 1. The monoisotopic (exact) mass is 257 g/mol. The average molecular weight is 258 g/mol. The minimum Gasteiger partial charge on any atom is -0.396 e. The van der Waals surface area contributed by atoms with Gasteiger partial charge in [0.15, 0.2) is 0 Å². The quantitative estimate of drug-likeness (QED) is 0.873. The van der Waals surface area contributed by atoms with Gasteiger partial charge in [0.05, 0.1) is 0 Å². The first-order valence-corrected chi connectivity index (χ1v) is 5.43. The highest BCUT2D eigenvalue weighted by molar-refractivity contribution is 9.10. The van der Waals surface area contributed by atoms with Crippen LogP contribution in [0, 0.1) is 6.92 Å². The molecule has 0 aliphatic carbocycles. The third-order valence-corrected chi connectivity index (χ3v) is 2.93. The Hall–Kier alpha value is -0.380. The van der Waals surface area contributed by atoms with E-state index in [1.807, 2.05) is 32.0 Å². The van der Waals surface area contributed by atoms with E-state index in [2.05, 4.69) is 15.9 Å². The van der Waals surface area contributed by atoms with Crippen molar-refractivity contribution in [3.8, 4) is 0 Å². The van der Waals surface area contributed by atoms with Gasteiger partial charge in [-0.05, 0) is 43.5 Å². The van der Waals surface area contributed by atoms with Gasteiger partial charge < -0.3 is 10.8 Å². The molecule has 0 aromatic heterocycles. The van der Waals surface area contributed by atoms with Crippen molar-refractivity contribution in [2.24, 2.45) is 5.73 Å². The predicted octanol–water partition coefficient (Wildman–Crippen LogP) is 2.31. The second-order valence-electron chi connectivity index (χ2n) is 3.85. The molecule has 0 bridgehead atoms. The van der Waals surface area contributed by atoms with Gasteiger partial charge in [-0.25, -0.2) is 0 Å². The van der Waals surface area contributed by atoms with Crippen LogP contribution in [-0.4, -0.2) is 11.7 Å². The molecule has 0 spiro atoms. The van der Waals surface area contributed by atoms with Crippen molar-refractivity contribution < 1.29 is 5.11 Å². The Kier molecular flexibility index (Phi) is 3.70. The Labute approximate surface area is 93.3 Å². The number of halogens is 1. The number of hydrogen-bond donors (Lipinski definition) is 2. The topological polar surface area (TPSA) is 46.2 Å². The lowest BCUT2D eigenvalue weighted by Gasteiger charge is -2.26. The van der Waals surface area contributed by atoms with Crippen molar-refractivity contribution in [3.05, 3.63) is 33.8 Å². The first-order chi connectivity index (χ1) is 6.47. The number of aliphatic hydroxyl groups is 1. The molecule has 78 valence electrons. The third kappa shape index (κ3) is 2.56. The van der Waals surface area contributed by atoms with E-state index in [-0.39, 0.29) is 6.61 Å². The smallest absolute Gasteiger partial charge is 0.0451 e. The number of hydrogen-bond acceptors (Lipinski definition) is 2. The molecule has 0 amide bonds. The van der Waals surface area contributed by atoms with E-state index < -0.39 is 5.54 Å². The van der Waals surface area contributed by atoms with Crippen LogP contribution in [0.5, 0.6) is 0 Å². The van der Waals surface area contributed by atoms with Gasteiger partial charge in [-0.15, -0.1) is 0 Å². The summed E-state index contributed by atoms with van der Waals surface area (Å²) in [6.45, 7) is 4.09. The molecule has 0 fully saturated rings. The summed E-state index contributed by atoms with van der Waals surface area (Å²) in [7, 11) is 0. The van der Waals surface area contributed by atoms with Crippen molar-refractivity contribution in [1.82, 2.24) is 0 Å². The third-order valence-electron chi connectivity index (χ3n) is 2.43. The van der Waals surface area contributed by atoms with E-state index in [1.54, 1.807) is 0 Å². The van der Waals surface area contributed by atoms with Crippen LogP contribution in [0.1, 0.15) is 24.5 Å². The summed E-state index contributed by atoms with van der Waals surface area (Å²) in [6, 6.07) is 6.03. The molecule has 0 aliphatic heterocycles.